The SMILES string of the molecule is CCCCC/C=C/CCCCCCCC(=O)O[C@H](COC(=O)CCCC/C=C/C/C=C/CCCCCCCC)COP(=O)(O)OC[C@@H](O)CO. The van der Waals surface area contributed by atoms with Crippen LogP contribution in [0, 0.1) is 0 Å². The number of rotatable bonds is 36. The van der Waals surface area contributed by atoms with Crippen LogP contribution in [0.1, 0.15) is 162 Å². The standard InChI is InChI=1S/C39H71O10P/c1-3-5-7-9-11-13-15-17-18-19-21-22-24-26-28-30-38(42)46-34-37(35-48-50(44,45)47-33-36(41)32-40)49-39(43)31-29-27-25-23-20-16-14-12-10-8-6-4-2/h12,14,17-18,21-22,36-37,40-41H,3-11,13,15-16,19-20,23-35H2,1-2H3,(H,44,45)/b14-12+,18-17+,22-21+/t36-,37+/m0/s1. The number of hydrogen-bond acceptors (Lipinski definition) is 9. The summed E-state index contributed by atoms with van der Waals surface area (Å²) in [6.07, 6.45) is 34.0. The summed E-state index contributed by atoms with van der Waals surface area (Å²) in [7, 11) is -4.62. The Hall–Kier alpha value is -1.81. The number of aliphatic hydroxyl groups is 2. The van der Waals surface area contributed by atoms with E-state index in [1.165, 1.54) is 57.8 Å². The number of esters is 2. The number of phosphoric acid groups is 1. The molecule has 0 aliphatic carbocycles. The maximum atomic E-state index is 12.5. The molecule has 0 fully saturated rings. The van der Waals surface area contributed by atoms with Gasteiger partial charge in [0, 0.05) is 12.8 Å². The molecule has 11 heteroatoms. The minimum Gasteiger partial charge on any atom is -0.462 e. The molecular weight excluding hydrogens is 659 g/mol. The number of hydrogen-bond donors (Lipinski definition) is 3. The maximum absolute atomic E-state index is 12.5. The Morgan fingerprint density at radius 1 is 0.600 bits per heavy atom. The number of carbonyl (C=O) groups is 2. The molecule has 3 atom stereocenters. The molecule has 0 aromatic carbocycles. The summed E-state index contributed by atoms with van der Waals surface area (Å²) >= 11 is 0. The molecule has 0 aromatic heterocycles. The minimum atomic E-state index is -4.62. The number of phosphoric ester groups is 1. The third-order valence-corrected chi connectivity index (χ3v) is 8.97. The minimum absolute atomic E-state index is 0.167. The summed E-state index contributed by atoms with van der Waals surface area (Å²) in [6, 6.07) is 0. The first kappa shape index (κ1) is 48.2. The van der Waals surface area contributed by atoms with E-state index in [1.54, 1.807) is 0 Å². The normalized spacial score (nSPS) is 14.4. The lowest BCUT2D eigenvalue weighted by atomic mass is 10.1. The van der Waals surface area contributed by atoms with Crippen molar-refractivity contribution in [2.24, 2.45) is 0 Å². The lowest BCUT2D eigenvalue weighted by molar-refractivity contribution is -0.161. The Labute approximate surface area is 303 Å². The molecule has 50 heavy (non-hydrogen) atoms. The van der Waals surface area contributed by atoms with Crippen LogP contribution in [-0.4, -0.2) is 65.7 Å². The predicted octanol–water partition coefficient (Wildman–Crippen LogP) is 9.61. The molecule has 0 saturated carbocycles. The largest absolute Gasteiger partial charge is 0.472 e. The molecule has 1 unspecified atom stereocenters. The van der Waals surface area contributed by atoms with Crippen LogP contribution in [0.3, 0.4) is 0 Å². The van der Waals surface area contributed by atoms with Crippen molar-refractivity contribution in [2.75, 3.05) is 26.4 Å². The molecule has 0 heterocycles. The van der Waals surface area contributed by atoms with E-state index in [0.717, 1.165) is 64.2 Å². The van der Waals surface area contributed by atoms with Crippen LogP contribution in [0.5, 0.6) is 0 Å². The van der Waals surface area contributed by atoms with Gasteiger partial charge in [-0.05, 0) is 70.6 Å². The van der Waals surface area contributed by atoms with Crippen molar-refractivity contribution < 1.29 is 47.8 Å². The van der Waals surface area contributed by atoms with E-state index < -0.39 is 51.8 Å². The van der Waals surface area contributed by atoms with Crippen molar-refractivity contribution in [3.8, 4) is 0 Å². The van der Waals surface area contributed by atoms with Gasteiger partial charge in [-0.1, -0.05) is 115 Å². The molecule has 0 bridgehead atoms. The summed E-state index contributed by atoms with van der Waals surface area (Å²) in [4.78, 5) is 34.8. The Bertz CT molecular complexity index is 936. The second-order valence-electron chi connectivity index (χ2n) is 12.9. The molecule has 292 valence electrons. The van der Waals surface area contributed by atoms with Crippen LogP contribution < -0.4 is 0 Å². The van der Waals surface area contributed by atoms with Gasteiger partial charge in [-0.2, -0.15) is 0 Å². The number of ether oxygens (including phenoxy) is 2. The Kier molecular flexibility index (Phi) is 34.3. The molecule has 10 nitrogen and oxygen atoms in total. The summed E-state index contributed by atoms with van der Waals surface area (Å²) < 4.78 is 32.5. The van der Waals surface area contributed by atoms with Crippen LogP contribution in [0.2, 0.25) is 0 Å². The van der Waals surface area contributed by atoms with Crippen LogP contribution in [0.15, 0.2) is 36.5 Å². The van der Waals surface area contributed by atoms with Gasteiger partial charge in [0.1, 0.15) is 12.7 Å². The van der Waals surface area contributed by atoms with Gasteiger partial charge < -0.3 is 24.6 Å². The molecule has 0 aliphatic rings. The zero-order valence-electron chi connectivity index (χ0n) is 31.4. The number of aliphatic hydroxyl groups excluding tert-OH is 2. The summed E-state index contributed by atoms with van der Waals surface area (Å²) in [5, 5.41) is 18.3. The smallest absolute Gasteiger partial charge is 0.462 e. The first-order chi connectivity index (χ1) is 24.2. The van der Waals surface area contributed by atoms with E-state index in [4.69, 9.17) is 19.1 Å². The molecule has 0 aromatic rings. The van der Waals surface area contributed by atoms with Gasteiger partial charge in [-0.3, -0.25) is 18.6 Å². The molecule has 0 spiro atoms. The van der Waals surface area contributed by atoms with Gasteiger partial charge in [0.15, 0.2) is 6.10 Å². The Morgan fingerprint density at radius 3 is 1.64 bits per heavy atom. The fraction of sp³-hybridized carbons (Fsp3) is 0.795. The van der Waals surface area contributed by atoms with Crippen molar-refractivity contribution in [2.45, 2.75) is 174 Å². The number of allylic oxidation sites excluding steroid dienone is 6. The van der Waals surface area contributed by atoms with Gasteiger partial charge >= 0.3 is 19.8 Å². The van der Waals surface area contributed by atoms with Gasteiger partial charge in [0.2, 0.25) is 0 Å². The topological polar surface area (TPSA) is 149 Å². The first-order valence-corrected chi connectivity index (χ1v) is 20.9. The zero-order chi connectivity index (χ0) is 37.0. The van der Waals surface area contributed by atoms with Crippen molar-refractivity contribution >= 4 is 19.8 Å². The van der Waals surface area contributed by atoms with Gasteiger partial charge in [0.25, 0.3) is 0 Å². The van der Waals surface area contributed by atoms with E-state index in [2.05, 4.69) is 54.8 Å². The Morgan fingerprint density at radius 2 is 1.04 bits per heavy atom. The van der Waals surface area contributed by atoms with E-state index in [-0.39, 0.29) is 19.4 Å². The third kappa shape index (κ3) is 34.6. The van der Waals surface area contributed by atoms with E-state index in [1.807, 2.05) is 0 Å². The van der Waals surface area contributed by atoms with Crippen molar-refractivity contribution in [3.63, 3.8) is 0 Å². The molecule has 0 radical (unpaired) electrons. The predicted molar refractivity (Wildman–Crippen MR) is 201 cm³/mol. The molecule has 0 saturated heterocycles. The third-order valence-electron chi connectivity index (χ3n) is 8.02. The highest BCUT2D eigenvalue weighted by molar-refractivity contribution is 7.47. The zero-order valence-corrected chi connectivity index (χ0v) is 32.3. The van der Waals surface area contributed by atoms with Crippen molar-refractivity contribution in [3.05, 3.63) is 36.5 Å². The molecular formula is C39H71O10P. The van der Waals surface area contributed by atoms with Gasteiger partial charge in [-0.25, -0.2) is 4.57 Å². The number of carbonyl (C=O) groups excluding carboxylic acids is 2. The van der Waals surface area contributed by atoms with E-state index in [0.29, 0.717) is 12.8 Å². The summed E-state index contributed by atoms with van der Waals surface area (Å²) in [5.74, 6) is -0.976. The average Bonchev–Trinajstić information content (AvgIpc) is 3.10. The Balaban J connectivity index is 4.42. The maximum Gasteiger partial charge on any atom is 0.472 e. The second kappa shape index (κ2) is 35.6. The highest BCUT2D eigenvalue weighted by Crippen LogP contribution is 2.43. The fourth-order valence-corrected chi connectivity index (χ4v) is 5.75. The quantitative estimate of drug-likeness (QED) is 0.0246. The van der Waals surface area contributed by atoms with Gasteiger partial charge in [-0.15, -0.1) is 0 Å². The molecule has 3 N–H and O–H groups in total. The highest BCUT2D eigenvalue weighted by Gasteiger charge is 2.27. The van der Waals surface area contributed by atoms with Crippen LogP contribution >= 0.6 is 7.82 Å². The molecule has 0 rings (SSSR count). The average molecular weight is 731 g/mol. The summed E-state index contributed by atoms with van der Waals surface area (Å²) in [6.45, 7) is 2.28. The van der Waals surface area contributed by atoms with Crippen LogP contribution in [0.4, 0.5) is 0 Å². The molecule has 0 amide bonds. The monoisotopic (exact) mass is 730 g/mol. The lowest BCUT2D eigenvalue weighted by Crippen LogP contribution is -2.29. The van der Waals surface area contributed by atoms with Crippen molar-refractivity contribution in [1.82, 2.24) is 0 Å². The molecule has 0 aliphatic heterocycles. The lowest BCUT2D eigenvalue weighted by Gasteiger charge is -2.20. The second-order valence-corrected chi connectivity index (χ2v) is 14.4. The van der Waals surface area contributed by atoms with Crippen molar-refractivity contribution in [1.29, 1.82) is 0 Å². The first-order valence-electron chi connectivity index (χ1n) is 19.4. The summed E-state index contributed by atoms with van der Waals surface area (Å²) in [5.41, 5.74) is 0. The van der Waals surface area contributed by atoms with Crippen LogP contribution in [-0.2, 0) is 32.7 Å². The highest BCUT2D eigenvalue weighted by atomic mass is 31.2. The van der Waals surface area contributed by atoms with E-state index >= 15 is 0 Å². The number of unbranched alkanes of at least 4 members (excludes halogenated alkanes) is 16. The fourth-order valence-electron chi connectivity index (χ4n) is 4.96. The van der Waals surface area contributed by atoms with Gasteiger partial charge in [0.05, 0.1) is 19.8 Å². The van der Waals surface area contributed by atoms with E-state index in [9.17, 15) is 24.2 Å². The van der Waals surface area contributed by atoms with Crippen LogP contribution in [0.25, 0.3) is 0 Å².